The molecule has 6 heteroatoms. The van der Waals surface area contributed by atoms with E-state index < -0.39 is 0 Å². The van der Waals surface area contributed by atoms with Gasteiger partial charge in [-0.3, -0.25) is 9.59 Å². The Labute approximate surface area is 134 Å². The van der Waals surface area contributed by atoms with Gasteiger partial charge in [-0.2, -0.15) is 0 Å². The molecule has 1 saturated heterocycles. The number of hydrogen-bond acceptors (Lipinski definition) is 6. The Hall–Kier alpha value is -1.79. The largest absolute Gasteiger partial charge is 0.497 e. The van der Waals surface area contributed by atoms with Crippen molar-refractivity contribution in [3.63, 3.8) is 0 Å². The minimum Gasteiger partial charge on any atom is -0.497 e. The molecule has 0 bridgehead atoms. The Morgan fingerprint density at radius 2 is 1.91 bits per heavy atom. The number of ketones is 1. The molecule has 0 atom stereocenters. The van der Waals surface area contributed by atoms with E-state index >= 15 is 0 Å². The third-order valence-corrected chi connectivity index (χ3v) is 4.30. The fourth-order valence-corrected chi connectivity index (χ4v) is 3.08. The summed E-state index contributed by atoms with van der Waals surface area (Å²) >= 11 is 1.41. The van der Waals surface area contributed by atoms with Crippen LogP contribution in [0.15, 0.2) is 34.9 Å². The molecular weight excluding hydrogens is 302 g/mol. The molecule has 1 aliphatic rings. The first-order valence-electron chi connectivity index (χ1n) is 6.96. The molecule has 22 heavy (non-hydrogen) atoms. The van der Waals surface area contributed by atoms with Gasteiger partial charge in [-0.05, 0) is 30.5 Å². The lowest BCUT2D eigenvalue weighted by Crippen LogP contribution is -2.36. The van der Waals surface area contributed by atoms with Crippen LogP contribution in [0.5, 0.6) is 5.75 Å². The zero-order chi connectivity index (χ0) is 15.9. The van der Waals surface area contributed by atoms with Crippen LogP contribution in [0.1, 0.15) is 10.4 Å². The smallest absolute Gasteiger partial charge is 0.198 e. The summed E-state index contributed by atoms with van der Waals surface area (Å²) in [5.41, 5.74) is 0.669. The monoisotopic (exact) mass is 321 g/mol. The number of methoxy groups -OCH3 is 1. The Balaban J connectivity index is 2.31. The molecule has 1 aromatic carbocycles. The van der Waals surface area contributed by atoms with Crippen LogP contribution in [0.3, 0.4) is 0 Å². The summed E-state index contributed by atoms with van der Waals surface area (Å²) in [5, 5.41) is 0.708. The van der Waals surface area contributed by atoms with Gasteiger partial charge < -0.3 is 14.4 Å². The summed E-state index contributed by atoms with van der Waals surface area (Å²) in [6, 6.07) is 6.76. The van der Waals surface area contributed by atoms with Crippen molar-refractivity contribution in [3.8, 4) is 5.75 Å². The number of carbonyl (C=O) groups is 2. The lowest BCUT2D eigenvalue weighted by molar-refractivity contribution is -0.104. The molecule has 2 rings (SSSR count). The van der Waals surface area contributed by atoms with E-state index in [1.807, 2.05) is 11.2 Å². The van der Waals surface area contributed by atoms with Crippen LogP contribution in [0, 0.1) is 0 Å². The lowest BCUT2D eigenvalue weighted by atomic mass is 10.0. The number of Topliss-reactive ketones (excluding diaryl/α,β-unsaturated/α-hetero) is 1. The molecule has 1 fully saturated rings. The predicted octanol–water partition coefficient (Wildman–Crippen LogP) is 1.98. The van der Waals surface area contributed by atoms with E-state index in [0.717, 1.165) is 0 Å². The average Bonchev–Trinajstić information content (AvgIpc) is 2.59. The highest BCUT2D eigenvalue weighted by Gasteiger charge is 2.22. The molecular formula is C16H19NO4S. The Morgan fingerprint density at radius 1 is 1.27 bits per heavy atom. The Bertz CT molecular complexity index is 562. The van der Waals surface area contributed by atoms with Crippen LogP contribution in [0.2, 0.25) is 0 Å². The predicted molar refractivity (Wildman–Crippen MR) is 86.3 cm³/mol. The summed E-state index contributed by atoms with van der Waals surface area (Å²) < 4.78 is 10.4. The van der Waals surface area contributed by atoms with Crippen molar-refractivity contribution in [1.29, 1.82) is 0 Å². The molecule has 0 saturated carbocycles. The van der Waals surface area contributed by atoms with Crippen LogP contribution in [-0.4, -0.2) is 56.6 Å². The summed E-state index contributed by atoms with van der Waals surface area (Å²) in [6.45, 7) is 2.58. The van der Waals surface area contributed by atoms with Crippen molar-refractivity contribution in [2.45, 2.75) is 0 Å². The number of allylic oxidation sites excluding steroid dienone is 1. The number of hydrogen-bond donors (Lipinski definition) is 0. The van der Waals surface area contributed by atoms with E-state index in [2.05, 4.69) is 0 Å². The molecule has 0 amide bonds. The number of aldehydes is 1. The van der Waals surface area contributed by atoms with Crippen molar-refractivity contribution in [1.82, 2.24) is 4.90 Å². The van der Waals surface area contributed by atoms with Crippen molar-refractivity contribution in [2.24, 2.45) is 0 Å². The molecule has 0 radical (unpaired) electrons. The second-order valence-corrected chi connectivity index (χ2v) is 5.49. The number of carbonyl (C=O) groups excluding carboxylic acids is 2. The van der Waals surface area contributed by atoms with Crippen molar-refractivity contribution in [3.05, 3.63) is 40.4 Å². The van der Waals surface area contributed by atoms with E-state index in [1.54, 1.807) is 31.4 Å². The average molecular weight is 321 g/mol. The summed E-state index contributed by atoms with van der Waals surface area (Å²) in [4.78, 5) is 26.2. The maximum atomic E-state index is 12.6. The molecule has 0 spiro atoms. The highest BCUT2D eigenvalue weighted by Crippen LogP contribution is 2.25. The number of thioether (sulfide) groups is 1. The minimum absolute atomic E-state index is 0.194. The molecule has 0 unspecified atom stereocenters. The van der Waals surface area contributed by atoms with Crippen LogP contribution >= 0.6 is 11.8 Å². The third-order valence-electron chi connectivity index (χ3n) is 3.44. The number of rotatable bonds is 6. The topological polar surface area (TPSA) is 55.8 Å². The van der Waals surface area contributed by atoms with Crippen molar-refractivity contribution in [2.75, 3.05) is 39.7 Å². The Kier molecular flexibility index (Phi) is 6.03. The number of benzene rings is 1. The van der Waals surface area contributed by atoms with Crippen molar-refractivity contribution >= 4 is 23.8 Å². The third kappa shape index (κ3) is 3.69. The van der Waals surface area contributed by atoms with Crippen molar-refractivity contribution < 1.29 is 19.1 Å². The number of morpholine rings is 1. The normalized spacial score (nSPS) is 16.0. The first-order valence-corrected chi connectivity index (χ1v) is 8.18. The summed E-state index contributed by atoms with van der Waals surface area (Å²) in [5.74, 6) is 0.403. The van der Waals surface area contributed by atoms with E-state index in [0.29, 0.717) is 48.9 Å². The number of nitrogens with zero attached hydrogens (tertiary/aromatic N) is 1. The molecule has 0 aliphatic carbocycles. The second kappa shape index (κ2) is 8.00. The first-order chi connectivity index (χ1) is 10.7. The second-order valence-electron chi connectivity index (χ2n) is 4.70. The van der Waals surface area contributed by atoms with Gasteiger partial charge in [-0.1, -0.05) is 0 Å². The maximum Gasteiger partial charge on any atom is 0.198 e. The highest BCUT2D eigenvalue weighted by molar-refractivity contribution is 8.02. The molecule has 5 nitrogen and oxygen atoms in total. The number of ether oxygens (including phenoxy) is 2. The summed E-state index contributed by atoms with van der Waals surface area (Å²) in [6.07, 6.45) is 2.52. The van der Waals surface area contributed by atoms with Gasteiger partial charge in [-0.25, -0.2) is 0 Å². The van der Waals surface area contributed by atoms with Crippen LogP contribution < -0.4 is 4.74 Å². The van der Waals surface area contributed by atoms with Crippen LogP contribution in [0.25, 0.3) is 0 Å². The van der Waals surface area contributed by atoms with E-state index in [-0.39, 0.29) is 11.4 Å². The fraction of sp³-hybridized carbons (Fsp3) is 0.375. The standard InChI is InChI=1S/C16H19NO4S/c1-20-13-5-3-12(4-6-13)15(19)14(11-18)16(22-2)17-7-9-21-10-8-17/h3-6,11H,7-10H2,1-2H3/b16-14-. The van der Waals surface area contributed by atoms with Crippen LogP contribution in [0.4, 0.5) is 0 Å². The zero-order valence-corrected chi connectivity index (χ0v) is 13.5. The molecule has 118 valence electrons. The highest BCUT2D eigenvalue weighted by atomic mass is 32.2. The van der Waals surface area contributed by atoms with Gasteiger partial charge in [-0.15, -0.1) is 11.8 Å². The maximum absolute atomic E-state index is 12.6. The van der Waals surface area contributed by atoms with Gasteiger partial charge >= 0.3 is 0 Å². The molecule has 1 aromatic rings. The lowest BCUT2D eigenvalue weighted by Gasteiger charge is -2.30. The molecule has 1 heterocycles. The van der Waals surface area contributed by atoms with Gasteiger partial charge in [0.15, 0.2) is 12.1 Å². The van der Waals surface area contributed by atoms with Gasteiger partial charge in [0.2, 0.25) is 0 Å². The first kappa shape index (κ1) is 16.6. The van der Waals surface area contributed by atoms with Gasteiger partial charge in [0.05, 0.1) is 30.9 Å². The van der Waals surface area contributed by atoms with E-state index in [1.165, 1.54) is 11.8 Å². The minimum atomic E-state index is -0.270. The molecule has 0 N–H and O–H groups in total. The quantitative estimate of drug-likeness (QED) is 0.263. The SMILES string of the molecule is COc1ccc(C(=O)/C(C=O)=C(\SC)N2CCOCC2)cc1. The zero-order valence-electron chi connectivity index (χ0n) is 12.7. The van der Waals surface area contributed by atoms with Gasteiger partial charge in [0, 0.05) is 18.7 Å². The molecule has 1 aliphatic heterocycles. The fourth-order valence-electron chi connectivity index (χ4n) is 2.27. The van der Waals surface area contributed by atoms with E-state index in [9.17, 15) is 9.59 Å². The summed E-state index contributed by atoms with van der Waals surface area (Å²) in [7, 11) is 1.57. The molecule has 0 aromatic heterocycles. The van der Waals surface area contributed by atoms with Gasteiger partial charge in [0.25, 0.3) is 0 Å². The Morgan fingerprint density at radius 3 is 2.41 bits per heavy atom. The van der Waals surface area contributed by atoms with Crippen LogP contribution in [-0.2, 0) is 9.53 Å². The van der Waals surface area contributed by atoms with Gasteiger partial charge in [0.1, 0.15) is 5.75 Å². The van der Waals surface area contributed by atoms with E-state index in [4.69, 9.17) is 9.47 Å².